The number of hydrogen-bond donors (Lipinski definition) is 0. The molecule has 0 saturated carbocycles. The topological polar surface area (TPSA) is 22.1 Å². The minimum Gasteiger partial charge on any atom is -0.494 e. The van der Waals surface area contributed by atoms with Crippen LogP contribution in [0.3, 0.4) is 0 Å². The predicted molar refractivity (Wildman–Crippen MR) is 169 cm³/mol. The molecule has 1 atom stereocenters. The summed E-state index contributed by atoms with van der Waals surface area (Å²) in [6.07, 6.45) is 21.3. The van der Waals surface area contributed by atoms with Crippen LogP contribution in [0, 0.1) is 5.92 Å². The lowest BCUT2D eigenvalue weighted by Crippen LogP contribution is -1.97. The van der Waals surface area contributed by atoms with Crippen LogP contribution >= 0.6 is 0 Å². The molecule has 0 N–H and O–H groups in total. The number of ether oxygens (including phenoxy) is 1. The summed E-state index contributed by atoms with van der Waals surface area (Å²) >= 11 is 0. The standard InChI is InChI=1S/C37H53NO/c1-4-6-8-9-10-11-14-31(3)15-13-16-32-19-24-35(25-20-32)37-28-23-34(30-38-37)18-17-33-21-26-36(27-22-33)39-29-12-7-5-2/h19-28,30-31H,4-18,29H2,1-3H3/t31-/m0/s1. The van der Waals surface area contributed by atoms with Crippen molar-refractivity contribution in [3.05, 3.63) is 83.6 Å². The highest BCUT2D eigenvalue weighted by Gasteiger charge is 2.05. The van der Waals surface area contributed by atoms with Crippen LogP contribution in [-0.4, -0.2) is 11.6 Å². The monoisotopic (exact) mass is 527 g/mol. The van der Waals surface area contributed by atoms with Gasteiger partial charge in [-0.2, -0.15) is 0 Å². The first-order valence-electron chi connectivity index (χ1n) is 15.9. The molecule has 1 heterocycles. The molecule has 0 bridgehead atoms. The maximum Gasteiger partial charge on any atom is 0.119 e. The van der Waals surface area contributed by atoms with Crippen LogP contribution in [0.4, 0.5) is 0 Å². The Morgan fingerprint density at radius 3 is 1.90 bits per heavy atom. The maximum absolute atomic E-state index is 5.83. The van der Waals surface area contributed by atoms with Gasteiger partial charge in [-0.05, 0) is 72.9 Å². The molecule has 2 nitrogen and oxygen atoms in total. The summed E-state index contributed by atoms with van der Waals surface area (Å²) in [5, 5.41) is 0. The maximum atomic E-state index is 5.83. The molecular weight excluding hydrogens is 474 g/mol. The number of aryl methyl sites for hydroxylation is 3. The van der Waals surface area contributed by atoms with Gasteiger partial charge in [0.1, 0.15) is 5.75 Å². The Balaban J connectivity index is 1.35. The molecule has 1 aromatic heterocycles. The van der Waals surface area contributed by atoms with E-state index in [2.05, 4.69) is 81.4 Å². The zero-order valence-corrected chi connectivity index (χ0v) is 25.1. The Morgan fingerprint density at radius 2 is 1.18 bits per heavy atom. The van der Waals surface area contributed by atoms with Gasteiger partial charge in [0, 0.05) is 11.8 Å². The normalized spacial score (nSPS) is 12.0. The lowest BCUT2D eigenvalue weighted by Gasteiger charge is -2.11. The quantitative estimate of drug-likeness (QED) is 0.136. The average molecular weight is 528 g/mol. The SMILES string of the molecule is CCCCCCCC[C@H](C)CCCc1ccc(-c2ccc(CCc3ccc(OCCCCC)cc3)cn2)cc1. The van der Waals surface area contributed by atoms with Gasteiger partial charge < -0.3 is 4.74 Å². The van der Waals surface area contributed by atoms with Crippen molar-refractivity contribution < 1.29 is 4.74 Å². The molecule has 212 valence electrons. The van der Waals surface area contributed by atoms with Crippen molar-refractivity contribution in [3.63, 3.8) is 0 Å². The van der Waals surface area contributed by atoms with E-state index in [0.717, 1.165) is 43.2 Å². The second-order valence-corrected chi connectivity index (χ2v) is 11.5. The van der Waals surface area contributed by atoms with Crippen molar-refractivity contribution in [3.8, 4) is 17.0 Å². The molecular formula is C37H53NO. The molecule has 2 heteroatoms. The highest BCUT2D eigenvalue weighted by atomic mass is 16.5. The highest BCUT2D eigenvalue weighted by molar-refractivity contribution is 5.59. The van der Waals surface area contributed by atoms with Gasteiger partial charge in [-0.1, -0.05) is 127 Å². The van der Waals surface area contributed by atoms with Crippen molar-refractivity contribution in [1.82, 2.24) is 4.98 Å². The van der Waals surface area contributed by atoms with Gasteiger partial charge in [0.05, 0.1) is 12.3 Å². The molecule has 2 aromatic carbocycles. The molecule has 0 aliphatic carbocycles. The van der Waals surface area contributed by atoms with Crippen LogP contribution < -0.4 is 4.74 Å². The van der Waals surface area contributed by atoms with Gasteiger partial charge in [0.2, 0.25) is 0 Å². The fraction of sp³-hybridized carbons (Fsp3) is 0.541. The van der Waals surface area contributed by atoms with E-state index in [9.17, 15) is 0 Å². The van der Waals surface area contributed by atoms with Crippen molar-refractivity contribution in [2.24, 2.45) is 5.92 Å². The summed E-state index contributed by atoms with van der Waals surface area (Å²) in [6, 6.07) is 22.0. The second-order valence-electron chi connectivity index (χ2n) is 11.5. The van der Waals surface area contributed by atoms with E-state index in [1.807, 2.05) is 6.20 Å². The molecule has 0 radical (unpaired) electrons. The van der Waals surface area contributed by atoms with E-state index in [-0.39, 0.29) is 0 Å². The Bertz CT molecular complexity index is 1010. The number of benzene rings is 2. The largest absolute Gasteiger partial charge is 0.494 e. The smallest absolute Gasteiger partial charge is 0.119 e. The summed E-state index contributed by atoms with van der Waals surface area (Å²) in [5.74, 6) is 1.83. The van der Waals surface area contributed by atoms with Crippen LogP contribution in [-0.2, 0) is 19.3 Å². The molecule has 3 rings (SSSR count). The molecule has 0 spiro atoms. The molecule has 0 unspecified atom stereocenters. The van der Waals surface area contributed by atoms with E-state index in [1.54, 1.807) is 0 Å². The summed E-state index contributed by atoms with van der Waals surface area (Å²) in [6.45, 7) is 7.76. The molecule has 0 fully saturated rings. The van der Waals surface area contributed by atoms with Gasteiger partial charge in [0.25, 0.3) is 0 Å². The van der Waals surface area contributed by atoms with Gasteiger partial charge in [-0.25, -0.2) is 0 Å². The number of nitrogens with zero attached hydrogens (tertiary/aromatic N) is 1. The molecule has 0 aliphatic rings. The van der Waals surface area contributed by atoms with E-state index < -0.39 is 0 Å². The van der Waals surface area contributed by atoms with Crippen LogP contribution in [0.1, 0.15) is 115 Å². The lowest BCUT2D eigenvalue weighted by atomic mass is 9.95. The Hall–Kier alpha value is -2.61. The summed E-state index contributed by atoms with van der Waals surface area (Å²) < 4.78 is 5.83. The average Bonchev–Trinajstić information content (AvgIpc) is 2.97. The van der Waals surface area contributed by atoms with Crippen LogP contribution in [0.25, 0.3) is 11.3 Å². The third-order valence-electron chi connectivity index (χ3n) is 7.93. The molecule has 39 heavy (non-hydrogen) atoms. The van der Waals surface area contributed by atoms with E-state index in [4.69, 9.17) is 9.72 Å². The number of pyridine rings is 1. The number of aromatic nitrogens is 1. The third kappa shape index (κ3) is 12.4. The summed E-state index contributed by atoms with van der Waals surface area (Å²) in [5.41, 5.74) is 6.33. The van der Waals surface area contributed by atoms with E-state index in [1.165, 1.54) is 99.3 Å². The first-order chi connectivity index (χ1) is 19.2. The van der Waals surface area contributed by atoms with Gasteiger partial charge in [-0.15, -0.1) is 0 Å². The van der Waals surface area contributed by atoms with Crippen molar-refractivity contribution in [2.45, 2.75) is 117 Å². The van der Waals surface area contributed by atoms with Gasteiger partial charge in [0.15, 0.2) is 0 Å². The molecule has 0 amide bonds. The minimum absolute atomic E-state index is 0.812. The Kier molecular flexibility index (Phi) is 14.8. The van der Waals surface area contributed by atoms with Crippen LogP contribution in [0.15, 0.2) is 66.9 Å². The first-order valence-corrected chi connectivity index (χ1v) is 15.9. The van der Waals surface area contributed by atoms with Gasteiger partial charge in [-0.3, -0.25) is 4.98 Å². The van der Waals surface area contributed by atoms with Crippen LogP contribution in [0.5, 0.6) is 5.75 Å². The minimum atomic E-state index is 0.812. The Labute approximate surface area is 239 Å². The first kappa shape index (κ1) is 30.9. The fourth-order valence-corrected chi connectivity index (χ4v) is 5.24. The van der Waals surface area contributed by atoms with Crippen molar-refractivity contribution in [1.29, 1.82) is 0 Å². The predicted octanol–water partition coefficient (Wildman–Crippen LogP) is 10.8. The zero-order chi connectivity index (χ0) is 27.5. The second kappa shape index (κ2) is 18.6. The van der Waals surface area contributed by atoms with Crippen LogP contribution in [0.2, 0.25) is 0 Å². The number of rotatable bonds is 20. The lowest BCUT2D eigenvalue weighted by molar-refractivity contribution is 0.306. The van der Waals surface area contributed by atoms with Crippen molar-refractivity contribution in [2.75, 3.05) is 6.61 Å². The highest BCUT2D eigenvalue weighted by Crippen LogP contribution is 2.22. The molecule has 3 aromatic rings. The van der Waals surface area contributed by atoms with E-state index >= 15 is 0 Å². The Morgan fingerprint density at radius 1 is 0.590 bits per heavy atom. The van der Waals surface area contributed by atoms with E-state index in [0.29, 0.717) is 0 Å². The molecule has 0 saturated heterocycles. The molecule has 0 aliphatic heterocycles. The number of unbranched alkanes of at least 4 members (excludes halogenated alkanes) is 7. The van der Waals surface area contributed by atoms with Crippen molar-refractivity contribution >= 4 is 0 Å². The fourth-order valence-electron chi connectivity index (χ4n) is 5.24. The third-order valence-corrected chi connectivity index (χ3v) is 7.93. The summed E-state index contributed by atoms with van der Waals surface area (Å²) in [7, 11) is 0. The number of hydrogen-bond acceptors (Lipinski definition) is 2. The zero-order valence-electron chi connectivity index (χ0n) is 25.1. The van der Waals surface area contributed by atoms with Gasteiger partial charge >= 0.3 is 0 Å². The summed E-state index contributed by atoms with van der Waals surface area (Å²) in [4.78, 5) is 4.77.